The monoisotopic (exact) mass is 406 g/mol. The van der Waals surface area contributed by atoms with Crippen molar-refractivity contribution in [1.82, 2.24) is 4.90 Å². The van der Waals surface area contributed by atoms with Crippen LogP contribution in [0.15, 0.2) is 28.1 Å². The molecule has 0 fully saturated rings. The number of carbonyl (C=O) groups excluding carboxylic acids is 1. The van der Waals surface area contributed by atoms with Crippen LogP contribution >= 0.6 is 27.3 Å². The Morgan fingerprint density at radius 1 is 1.26 bits per heavy atom. The minimum Gasteiger partial charge on any atom is -0.322 e. The van der Waals surface area contributed by atoms with Crippen molar-refractivity contribution in [1.29, 1.82) is 0 Å². The van der Waals surface area contributed by atoms with Gasteiger partial charge in [-0.2, -0.15) is 0 Å². The van der Waals surface area contributed by atoms with Gasteiger partial charge >= 0.3 is 0 Å². The molecule has 1 N–H and O–H groups in total. The molecule has 8 heteroatoms. The van der Waals surface area contributed by atoms with Crippen molar-refractivity contribution < 1.29 is 18.0 Å². The van der Waals surface area contributed by atoms with Crippen molar-refractivity contribution in [2.45, 2.75) is 19.5 Å². The second kappa shape index (κ2) is 7.46. The van der Waals surface area contributed by atoms with Crippen LogP contribution in [0, 0.1) is 17.5 Å². The zero-order chi connectivity index (χ0) is 17.1. The van der Waals surface area contributed by atoms with E-state index in [1.807, 2.05) is 12.1 Å². The molecule has 23 heavy (non-hydrogen) atoms. The lowest BCUT2D eigenvalue weighted by molar-refractivity contribution is -0.120. The maximum atomic E-state index is 13.6. The van der Waals surface area contributed by atoms with E-state index in [1.165, 1.54) is 0 Å². The molecule has 124 valence electrons. The fourth-order valence-electron chi connectivity index (χ4n) is 1.88. The Balaban J connectivity index is 2.03. The van der Waals surface area contributed by atoms with Crippen molar-refractivity contribution in [2.75, 3.05) is 12.4 Å². The molecule has 2 rings (SSSR count). The molecule has 0 unspecified atom stereocenters. The molecule has 1 heterocycles. The highest BCUT2D eigenvalue weighted by Gasteiger charge is 2.21. The Morgan fingerprint density at radius 3 is 2.57 bits per heavy atom. The first-order chi connectivity index (χ1) is 10.8. The highest BCUT2D eigenvalue weighted by Crippen LogP contribution is 2.24. The van der Waals surface area contributed by atoms with Crippen molar-refractivity contribution in [3.63, 3.8) is 0 Å². The van der Waals surface area contributed by atoms with E-state index < -0.39 is 29.4 Å². The molecule has 1 amide bonds. The summed E-state index contributed by atoms with van der Waals surface area (Å²) in [6, 6.07) is 5.03. The molecule has 0 saturated heterocycles. The second-order valence-electron chi connectivity index (χ2n) is 5.01. The Kier molecular flexibility index (Phi) is 5.83. The van der Waals surface area contributed by atoms with E-state index in [0.29, 0.717) is 6.54 Å². The average Bonchev–Trinajstić information content (AvgIpc) is 2.92. The molecule has 1 aromatic carbocycles. The van der Waals surface area contributed by atoms with E-state index in [0.717, 1.165) is 20.8 Å². The minimum atomic E-state index is -1.60. The molecule has 1 atom stereocenters. The van der Waals surface area contributed by atoms with Crippen LogP contribution in [0.25, 0.3) is 0 Å². The third kappa shape index (κ3) is 4.33. The van der Waals surface area contributed by atoms with Crippen molar-refractivity contribution in [2.24, 2.45) is 0 Å². The summed E-state index contributed by atoms with van der Waals surface area (Å²) in [5.41, 5.74) is -0.381. The number of likely N-dealkylation sites (N-methyl/N-ethyl adjacent to an activating group) is 1. The molecular formula is C15H14BrF3N2OS. The maximum Gasteiger partial charge on any atom is 0.241 e. The van der Waals surface area contributed by atoms with Crippen molar-refractivity contribution in [3.8, 4) is 0 Å². The first-order valence-corrected chi connectivity index (χ1v) is 8.29. The molecule has 0 bridgehead atoms. The van der Waals surface area contributed by atoms with Crippen molar-refractivity contribution >= 4 is 38.9 Å². The van der Waals surface area contributed by atoms with Gasteiger partial charge in [-0.3, -0.25) is 9.69 Å². The van der Waals surface area contributed by atoms with Crippen molar-refractivity contribution in [3.05, 3.63) is 50.4 Å². The fraction of sp³-hybridized carbons (Fsp3) is 0.267. The van der Waals surface area contributed by atoms with E-state index in [9.17, 15) is 18.0 Å². The number of anilines is 1. The molecule has 0 saturated carbocycles. The summed E-state index contributed by atoms with van der Waals surface area (Å²) in [4.78, 5) is 15.0. The third-order valence-electron chi connectivity index (χ3n) is 3.37. The van der Waals surface area contributed by atoms with Gasteiger partial charge in [-0.05, 0) is 54.2 Å². The molecule has 3 nitrogen and oxygen atoms in total. The number of hydrogen-bond donors (Lipinski definition) is 1. The predicted octanol–water partition coefficient (Wildman–Crippen LogP) is 4.39. The number of rotatable bonds is 5. The number of benzene rings is 1. The molecule has 0 radical (unpaired) electrons. The topological polar surface area (TPSA) is 32.3 Å². The first-order valence-electron chi connectivity index (χ1n) is 6.68. The maximum absolute atomic E-state index is 13.6. The lowest BCUT2D eigenvalue weighted by Crippen LogP contribution is -2.39. The summed E-state index contributed by atoms with van der Waals surface area (Å²) in [6.45, 7) is 2.18. The lowest BCUT2D eigenvalue weighted by Gasteiger charge is -2.23. The summed E-state index contributed by atoms with van der Waals surface area (Å²) in [7, 11) is 1.75. The number of amides is 1. The zero-order valence-corrected chi connectivity index (χ0v) is 14.8. The van der Waals surface area contributed by atoms with Gasteiger partial charge in [0.05, 0.1) is 15.5 Å². The first kappa shape index (κ1) is 18.0. The molecule has 1 aromatic heterocycles. The third-order valence-corrected chi connectivity index (χ3v) is 4.98. The van der Waals surface area contributed by atoms with Gasteiger partial charge in [0.2, 0.25) is 5.91 Å². The number of halogens is 4. The van der Waals surface area contributed by atoms with Crippen LogP contribution in [0.3, 0.4) is 0 Å². The smallest absolute Gasteiger partial charge is 0.241 e. The van der Waals surface area contributed by atoms with Crippen LogP contribution in [-0.4, -0.2) is 23.9 Å². The Bertz CT molecular complexity index is 723. The number of hydrogen-bond acceptors (Lipinski definition) is 3. The normalized spacial score (nSPS) is 12.5. The van der Waals surface area contributed by atoms with Gasteiger partial charge in [-0.25, -0.2) is 13.2 Å². The van der Waals surface area contributed by atoms with Gasteiger partial charge in [-0.1, -0.05) is 0 Å². The van der Waals surface area contributed by atoms with E-state index in [-0.39, 0.29) is 5.69 Å². The van der Waals surface area contributed by atoms with E-state index in [4.69, 9.17) is 0 Å². The summed E-state index contributed by atoms with van der Waals surface area (Å²) >= 11 is 4.91. The van der Waals surface area contributed by atoms with Crippen LogP contribution in [0.1, 0.15) is 11.8 Å². The molecule has 0 aliphatic carbocycles. The van der Waals surface area contributed by atoms with Crippen LogP contribution < -0.4 is 5.32 Å². The Morgan fingerprint density at radius 2 is 1.96 bits per heavy atom. The molecular weight excluding hydrogens is 393 g/mol. The molecule has 0 aliphatic heterocycles. The number of carbonyl (C=O) groups is 1. The summed E-state index contributed by atoms with van der Waals surface area (Å²) < 4.78 is 40.6. The van der Waals surface area contributed by atoms with Crippen LogP contribution in [0.2, 0.25) is 0 Å². The largest absolute Gasteiger partial charge is 0.322 e. The van der Waals surface area contributed by atoms with Gasteiger partial charge in [0, 0.05) is 11.4 Å². The van der Waals surface area contributed by atoms with E-state index >= 15 is 0 Å². The van der Waals surface area contributed by atoms with Gasteiger partial charge in [0.1, 0.15) is 0 Å². The quantitative estimate of drug-likeness (QED) is 0.746. The van der Waals surface area contributed by atoms with Gasteiger partial charge < -0.3 is 5.32 Å². The van der Waals surface area contributed by atoms with E-state index in [2.05, 4.69) is 21.2 Å². The molecule has 2 aromatic rings. The number of nitrogens with one attached hydrogen (secondary N) is 1. The Labute approximate surface area is 144 Å². The average molecular weight is 407 g/mol. The standard InChI is InChI=1S/C15H14BrF3N2OS/c1-8(21(2)7-9-3-6-12(16)23-9)15(22)20-11-5-4-10(17)13(18)14(11)19/h3-6,8H,7H2,1-2H3,(H,20,22)/t8-/m1/s1. The second-order valence-corrected chi connectivity index (χ2v) is 7.56. The van der Waals surface area contributed by atoms with Gasteiger partial charge in [-0.15, -0.1) is 11.3 Å². The summed E-state index contributed by atoms with van der Waals surface area (Å²) in [5.74, 6) is -4.82. The molecule has 0 aliphatic rings. The minimum absolute atomic E-state index is 0.381. The van der Waals surface area contributed by atoms with E-state index in [1.54, 1.807) is 30.2 Å². The molecule has 0 spiro atoms. The highest BCUT2D eigenvalue weighted by molar-refractivity contribution is 9.11. The summed E-state index contributed by atoms with van der Waals surface area (Å²) in [5, 5.41) is 2.28. The number of thiophene rings is 1. The van der Waals surface area contributed by atoms with Crippen LogP contribution in [-0.2, 0) is 11.3 Å². The Hall–Kier alpha value is -1.38. The summed E-state index contributed by atoms with van der Waals surface area (Å²) in [6.07, 6.45) is 0. The predicted molar refractivity (Wildman–Crippen MR) is 87.9 cm³/mol. The fourth-order valence-corrected chi connectivity index (χ4v) is 3.43. The zero-order valence-electron chi connectivity index (χ0n) is 12.4. The van der Waals surface area contributed by atoms with Gasteiger partial charge in [0.25, 0.3) is 0 Å². The number of nitrogens with zero attached hydrogens (tertiary/aromatic N) is 1. The van der Waals surface area contributed by atoms with Gasteiger partial charge in [0.15, 0.2) is 17.5 Å². The highest BCUT2D eigenvalue weighted by atomic mass is 79.9. The van der Waals surface area contributed by atoms with Crippen LogP contribution in [0.5, 0.6) is 0 Å². The van der Waals surface area contributed by atoms with Crippen LogP contribution in [0.4, 0.5) is 18.9 Å². The SMILES string of the molecule is C[C@H](C(=O)Nc1ccc(F)c(F)c1F)N(C)Cc1ccc(Br)s1. The lowest BCUT2D eigenvalue weighted by atomic mass is 10.2.